The van der Waals surface area contributed by atoms with E-state index in [1.54, 1.807) is 0 Å². The van der Waals surface area contributed by atoms with Gasteiger partial charge in [-0.05, 0) is 32.9 Å². The summed E-state index contributed by atoms with van der Waals surface area (Å²) in [7, 11) is 4.08. The lowest BCUT2D eigenvalue weighted by molar-refractivity contribution is 0.238. The monoisotopic (exact) mass is 237 g/mol. The summed E-state index contributed by atoms with van der Waals surface area (Å²) in [4.78, 5) is 2.35. The fourth-order valence-corrected chi connectivity index (χ4v) is 2.66. The molecule has 0 radical (unpaired) electrons. The molecule has 1 N–H and O–H groups in total. The average Bonchev–Trinajstić information content (AvgIpc) is 2.91. The Hall–Kier alpha value is -0.870. The molecule has 4 nitrogen and oxygen atoms in total. The van der Waals surface area contributed by atoms with Gasteiger partial charge in [-0.1, -0.05) is 18.0 Å². The summed E-state index contributed by atoms with van der Waals surface area (Å²) in [5, 5.41) is 7.10. The number of nitrogens with zero attached hydrogens (tertiary/aromatic N) is 2. The summed E-state index contributed by atoms with van der Waals surface area (Å²) in [6, 6.07) is 2.04. The molecule has 0 saturated heterocycles. The van der Waals surface area contributed by atoms with Crippen LogP contribution in [0.5, 0.6) is 0 Å². The average molecular weight is 237 g/mol. The lowest BCUT2D eigenvalue weighted by Gasteiger charge is -2.18. The van der Waals surface area contributed by atoms with Gasteiger partial charge in [-0.15, -0.1) is 0 Å². The van der Waals surface area contributed by atoms with E-state index in [9.17, 15) is 0 Å². The molecular formula is C13H23N3O. The van der Waals surface area contributed by atoms with Crippen LogP contribution >= 0.6 is 0 Å². The Kier molecular flexibility index (Phi) is 4.57. The molecule has 0 unspecified atom stereocenters. The molecule has 0 bridgehead atoms. The zero-order chi connectivity index (χ0) is 12.1. The van der Waals surface area contributed by atoms with Gasteiger partial charge in [0, 0.05) is 19.2 Å². The summed E-state index contributed by atoms with van der Waals surface area (Å²) in [6.45, 7) is 2.82. The molecule has 0 amide bonds. The highest BCUT2D eigenvalue weighted by Gasteiger charge is 2.17. The highest BCUT2D eigenvalue weighted by Crippen LogP contribution is 2.25. The van der Waals surface area contributed by atoms with Gasteiger partial charge in [0.2, 0.25) is 0 Å². The van der Waals surface area contributed by atoms with E-state index in [1.165, 1.54) is 32.2 Å². The van der Waals surface area contributed by atoms with E-state index in [0.717, 1.165) is 30.5 Å². The van der Waals surface area contributed by atoms with Crippen LogP contribution in [0.2, 0.25) is 0 Å². The van der Waals surface area contributed by atoms with E-state index in [0.29, 0.717) is 0 Å². The van der Waals surface area contributed by atoms with Crippen molar-refractivity contribution in [1.29, 1.82) is 0 Å². The number of hydrogen-bond donors (Lipinski definition) is 1. The molecule has 0 aromatic carbocycles. The third kappa shape index (κ3) is 3.82. The minimum atomic E-state index is 0.774. The molecule has 4 heteroatoms. The van der Waals surface area contributed by atoms with E-state index in [-0.39, 0.29) is 0 Å². The molecule has 17 heavy (non-hydrogen) atoms. The maximum atomic E-state index is 5.32. The molecule has 0 atom stereocenters. The quantitative estimate of drug-likeness (QED) is 0.822. The van der Waals surface area contributed by atoms with Gasteiger partial charge in [-0.2, -0.15) is 0 Å². The largest absolute Gasteiger partial charge is 0.360 e. The second-order valence-corrected chi connectivity index (χ2v) is 5.16. The van der Waals surface area contributed by atoms with Crippen LogP contribution in [0.4, 0.5) is 0 Å². The standard InChI is InChI=1S/C13H23N3O/c1-14-8-12-7-13(17-15-12)10-16(2)9-11-5-3-4-6-11/h7,11,14H,3-6,8-10H2,1-2H3. The normalized spacial score (nSPS) is 17.1. The van der Waals surface area contributed by atoms with Gasteiger partial charge in [0.05, 0.1) is 12.2 Å². The molecule has 1 aliphatic carbocycles. The molecule has 0 aliphatic heterocycles. The smallest absolute Gasteiger partial charge is 0.151 e. The summed E-state index contributed by atoms with van der Waals surface area (Å²) in [5.74, 6) is 1.86. The zero-order valence-electron chi connectivity index (χ0n) is 10.9. The zero-order valence-corrected chi connectivity index (χ0v) is 10.9. The highest BCUT2D eigenvalue weighted by atomic mass is 16.5. The Balaban J connectivity index is 1.78. The van der Waals surface area contributed by atoms with Crippen molar-refractivity contribution in [3.63, 3.8) is 0 Å². The van der Waals surface area contributed by atoms with Gasteiger partial charge in [-0.25, -0.2) is 0 Å². The first kappa shape index (κ1) is 12.6. The van der Waals surface area contributed by atoms with Crippen molar-refractivity contribution in [2.75, 3.05) is 20.6 Å². The summed E-state index contributed by atoms with van der Waals surface area (Å²) in [5.41, 5.74) is 0.983. The molecule has 2 rings (SSSR count). The van der Waals surface area contributed by atoms with Crippen molar-refractivity contribution in [1.82, 2.24) is 15.4 Å². The van der Waals surface area contributed by atoms with E-state index in [1.807, 2.05) is 13.1 Å². The summed E-state index contributed by atoms with van der Waals surface area (Å²) in [6.07, 6.45) is 5.61. The SMILES string of the molecule is CNCc1cc(CN(C)CC2CCCC2)on1. The van der Waals surface area contributed by atoms with Crippen molar-refractivity contribution in [3.05, 3.63) is 17.5 Å². The second kappa shape index (κ2) is 6.17. The number of hydrogen-bond acceptors (Lipinski definition) is 4. The lowest BCUT2D eigenvalue weighted by atomic mass is 10.1. The topological polar surface area (TPSA) is 41.3 Å². The molecule has 1 aromatic heterocycles. The fourth-order valence-electron chi connectivity index (χ4n) is 2.66. The van der Waals surface area contributed by atoms with Crippen LogP contribution in [0.3, 0.4) is 0 Å². The van der Waals surface area contributed by atoms with Gasteiger partial charge in [0.1, 0.15) is 0 Å². The van der Waals surface area contributed by atoms with E-state index in [4.69, 9.17) is 4.52 Å². The van der Waals surface area contributed by atoms with Crippen LogP contribution < -0.4 is 5.32 Å². The predicted molar refractivity (Wildman–Crippen MR) is 67.6 cm³/mol. The van der Waals surface area contributed by atoms with Crippen LogP contribution in [-0.4, -0.2) is 30.7 Å². The molecule has 1 aromatic rings. The molecule has 96 valence electrons. The van der Waals surface area contributed by atoms with Crippen molar-refractivity contribution in [3.8, 4) is 0 Å². The number of aromatic nitrogens is 1. The summed E-state index contributed by atoms with van der Waals surface area (Å²) >= 11 is 0. The highest BCUT2D eigenvalue weighted by molar-refractivity contribution is 5.04. The predicted octanol–water partition coefficient (Wildman–Crippen LogP) is 2.02. The maximum Gasteiger partial charge on any atom is 0.151 e. The Morgan fingerprint density at radius 3 is 2.94 bits per heavy atom. The van der Waals surface area contributed by atoms with Gasteiger partial charge < -0.3 is 9.84 Å². The van der Waals surface area contributed by atoms with Crippen LogP contribution in [-0.2, 0) is 13.1 Å². The van der Waals surface area contributed by atoms with Crippen molar-refractivity contribution in [2.24, 2.45) is 5.92 Å². The first-order chi connectivity index (χ1) is 8.28. The third-order valence-corrected chi connectivity index (χ3v) is 3.44. The van der Waals surface area contributed by atoms with Gasteiger partial charge >= 0.3 is 0 Å². The Morgan fingerprint density at radius 2 is 2.24 bits per heavy atom. The number of rotatable bonds is 6. The lowest BCUT2D eigenvalue weighted by Crippen LogP contribution is -2.23. The van der Waals surface area contributed by atoms with Gasteiger partial charge in [-0.3, -0.25) is 4.90 Å². The Bertz CT molecular complexity index is 331. The second-order valence-electron chi connectivity index (χ2n) is 5.16. The van der Waals surface area contributed by atoms with E-state index in [2.05, 4.69) is 22.4 Å². The molecule has 0 spiro atoms. The number of nitrogens with one attached hydrogen (secondary N) is 1. The first-order valence-corrected chi connectivity index (χ1v) is 6.55. The van der Waals surface area contributed by atoms with Crippen molar-refractivity contribution in [2.45, 2.75) is 38.8 Å². The molecule has 1 saturated carbocycles. The van der Waals surface area contributed by atoms with Crippen LogP contribution in [0, 0.1) is 5.92 Å². The Labute approximate surface area is 103 Å². The summed E-state index contributed by atoms with van der Waals surface area (Å²) < 4.78 is 5.32. The van der Waals surface area contributed by atoms with E-state index >= 15 is 0 Å². The van der Waals surface area contributed by atoms with Gasteiger partial charge in [0.25, 0.3) is 0 Å². The van der Waals surface area contributed by atoms with Gasteiger partial charge in [0.15, 0.2) is 5.76 Å². The minimum Gasteiger partial charge on any atom is -0.360 e. The molecular weight excluding hydrogens is 214 g/mol. The third-order valence-electron chi connectivity index (χ3n) is 3.44. The molecule has 1 aliphatic rings. The van der Waals surface area contributed by atoms with E-state index < -0.39 is 0 Å². The van der Waals surface area contributed by atoms with Crippen LogP contribution in [0.25, 0.3) is 0 Å². The Morgan fingerprint density at radius 1 is 1.47 bits per heavy atom. The molecule has 1 heterocycles. The first-order valence-electron chi connectivity index (χ1n) is 6.55. The molecule has 1 fully saturated rings. The van der Waals surface area contributed by atoms with Crippen molar-refractivity contribution >= 4 is 0 Å². The van der Waals surface area contributed by atoms with Crippen LogP contribution in [0.1, 0.15) is 37.1 Å². The maximum absolute atomic E-state index is 5.32. The van der Waals surface area contributed by atoms with Crippen LogP contribution in [0.15, 0.2) is 10.6 Å². The minimum absolute atomic E-state index is 0.774. The van der Waals surface area contributed by atoms with Crippen molar-refractivity contribution < 1.29 is 4.52 Å². The fraction of sp³-hybridized carbons (Fsp3) is 0.769.